The van der Waals surface area contributed by atoms with Crippen LogP contribution in [0, 0.1) is 5.92 Å². The van der Waals surface area contributed by atoms with E-state index in [-0.39, 0.29) is 25.4 Å². The van der Waals surface area contributed by atoms with Crippen molar-refractivity contribution in [2.45, 2.75) is 25.2 Å². The predicted molar refractivity (Wildman–Crippen MR) is 43.3 cm³/mol. The van der Waals surface area contributed by atoms with E-state index in [1.165, 1.54) is 0 Å². The zero-order valence-corrected chi connectivity index (χ0v) is 8.06. The van der Waals surface area contributed by atoms with Crippen molar-refractivity contribution in [3.05, 3.63) is 0 Å². The Morgan fingerprint density at radius 3 is 2.15 bits per heavy atom. The standard InChI is InChI=1S/C7H12F2O3S/c1-13(10,11)12-4-5-2-6(8)7(9)3-5/h5-7H,2-4H2,1H3/t5?,6-,7+. The van der Waals surface area contributed by atoms with E-state index in [0.29, 0.717) is 0 Å². The summed E-state index contributed by atoms with van der Waals surface area (Å²) in [7, 11) is -3.49. The van der Waals surface area contributed by atoms with E-state index in [2.05, 4.69) is 4.18 Å². The van der Waals surface area contributed by atoms with E-state index in [1.54, 1.807) is 0 Å². The first-order chi connectivity index (χ1) is 5.88. The van der Waals surface area contributed by atoms with Crippen molar-refractivity contribution in [1.82, 2.24) is 0 Å². The molecule has 1 unspecified atom stereocenters. The summed E-state index contributed by atoms with van der Waals surface area (Å²) < 4.78 is 50.7. The normalized spacial score (nSPS) is 35.2. The van der Waals surface area contributed by atoms with E-state index in [1.807, 2.05) is 0 Å². The van der Waals surface area contributed by atoms with Gasteiger partial charge in [-0.25, -0.2) is 8.78 Å². The summed E-state index contributed by atoms with van der Waals surface area (Å²) in [5.74, 6) is -0.320. The molecule has 0 spiro atoms. The smallest absolute Gasteiger partial charge is 0.264 e. The highest BCUT2D eigenvalue weighted by Crippen LogP contribution is 2.30. The first kappa shape index (κ1) is 10.8. The summed E-state index contributed by atoms with van der Waals surface area (Å²) >= 11 is 0. The van der Waals surface area contributed by atoms with Gasteiger partial charge in [-0.2, -0.15) is 8.42 Å². The van der Waals surface area contributed by atoms with Gasteiger partial charge in [0.25, 0.3) is 10.1 Å². The Morgan fingerprint density at radius 1 is 1.31 bits per heavy atom. The van der Waals surface area contributed by atoms with E-state index in [9.17, 15) is 17.2 Å². The van der Waals surface area contributed by atoms with Gasteiger partial charge in [0.2, 0.25) is 0 Å². The molecule has 78 valence electrons. The molecule has 0 aromatic rings. The molecule has 0 amide bonds. The minimum atomic E-state index is -3.49. The molecule has 1 fully saturated rings. The highest BCUT2D eigenvalue weighted by atomic mass is 32.2. The van der Waals surface area contributed by atoms with Crippen LogP contribution in [0.25, 0.3) is 0 Å². The van der Waals surface area contributed by atoms with Gasteiger partial charge < -0.3 is 0 Å². The van der Waals surface area contributed by atoms with Crippen molar-refractivity contribution >= 4 is 10.1 Å². The molecule has 3 nitrogen and oxygen atoms in total. The first-order valence-electron chi connectivity index (χ1n) is 4.01. The molecule has 0 radical (unpaired) electrons. The van der Waals surface area contributed by atoms with E-state index in [0.717, 1.165) is 6.26 Å². The minimum Gasteiger partial charge on any atom is -0.270 e. The van der Waals surface area contributed by atoms with E-state index < -0.39 is 22.5 Å². The van der Waals surface area contributed by atoms with Crippen LogP contribution in [0.3, 0.4) is 0 Å². The quantitative estimate of drug-likeness (QED) is 0.659. The summed E-state index contributed by atoms with van der Waals surface area (Å²) in [5, 5.41) is 0. The SMILES string of the molecule is CS(=O)(=O)OCC1C[C@@H](F)[C@@H](F)C1. The van der Waals surface area contributed by atoms with Crippen LogP contribution in [0.15, 0.2) is 0 Å². The van der Waals surface area contributed by atoms with Gasteiger partial charge >= 0.3 is 0 Å². The Bertz CT molecular complexity index is 255. The molecule has 0 saturated heterocycles. The molecular weight excluding hydrogens is 202 g/mol. The van der Waals surface area contributed by atoms with Crippen LogP contribution in [0.2, 0.25) is 0 Å². The summed E-state index contributed by atoms with van der Waals surface area (Å²) in [6.45, 7) is -0.111. The van der Waals surface area contributed by atoms with Gasteiger partial charge in [0.05, 0.1) is 12.9 Å². The molecule has 0 N–H and O–H groups in total. The lowest BCUT2D eigenvalue weighted by Crippen LogP contribution is -2.11. The third-order valence-electron chi connectivity index (χ3n) is 2.03. The van der Waals surface area contributed by atoms with Gasteiger partial charge in [-0.15, -0.1) is 0 Å². The molecule has 0 bridgehead atoms. The lowest BCUT2D eigenvalue weighted by Gasteiger charge is -2.06. The molecule has 6 heteroatoms. The molecule has 1 rings (SSSR count). The van der Waals surface area contributed by atoms with Crippen molar-refractivity contribution in [3.8, 4) is 0 Å². The average Bonchev–Trinajstić information content (AvgIpc) is 2.27. The van der Waals surface area contributed by atoms with Crippen LogP contribution < -0.4 is 0 Å². The lowest BCUT2D eigenvalue weighted by molar-refractivity contribution is 0.199. The molecule has 0 heterocycles. The van der Waals surface area contributed by atoms with Crippen LogP contribution in [0.1, 0.15) is 12.8 Å². The predicted octanol–water partition coefficient (Wildman–Crippen LogP) is 1.05. The molecule has 1 saturated carbocycles. The van der Waals surface area contributed by atoms with Crippen molar-refractivity contribution in [1.29, 1.82) is 0 Å². The first-order valence-corrected chi connectivity index (χ1v) is 5.82. The number of hydrogen-bond acceptors (Lipinski definition) is 3. The molecule has 13 heavy (non-hydrogen) atoms. The Morgan fingerprint density at radius 2 is 1.77 bits per heavy atom. The number of alkyl halides is 2. The second kappa shape index (κ2) is 3.88. The fourth-order valence-electron chi connectivity index (χ4n) is 1.38. The fourth-order valence-corrected chi connectivity index (χ4v) is 1.82. The van der Waals surface area contributed by atoms with Crippen molar-refractivity contribution < 1.29 is 21.4 Å². The topological polar surface area (TPSA) is 43.4 Å². The number of hydrogen-bond donors (Lipinski definition) is 0. The van der Waals surface area contributed by atoms with Crippen LogP contribution in [-0.2, 0) is 14.3 Å². The highest BCUT2D eigenvalue weighted by Gasteiger charge is 2.34. The number of rotatable bonds is 3. The van der Waals surface area contributed by atoms with Gasteiger partial charge in [-0.3, -0.25) is 4.18 Å². The maximum Gasteiger partial charge on any atom is 0.264 e. The largest absolute Gasteiger partial charge is 0.270 e. The zero-order valence-electron chi connectivity index (χ0n) is 7.24. The van der Waals surface area contributed by atoms with Crippen molar-refractivity contribution in [3.63, 3.8) is 0 Å². The second-order valence-electron chi connectivity index (χ2n) is 3.36. The van der Waals surface area contributed by atoms with Gasteiger partial charge in [-0.1, -0.05) is 0 Å². The Kier molecular flexibility index (Phi) is 3.23. The third kappa shape index (κ3) is 3.56. The molecule has 3 atom stereocenters. The second-order valence-corrected chi connectivity index (χ2v) is 5.00. The van der Waals surface area contributed by atoms with E-state index >= 15 is 0 Å². The van der Waals surface area contributed by atoms with Crippen LogP contribution in [-0.4, -0.2) is 33.6 Å². The minimum absolute atomic E-state index is 0.0523. The van der Waals surface area contributed by atoms with Crippen LogP contribution in [0.4, 0.5) is 8.78 Å². The molecule has 1 aliphatic carbocycles. The Labute approximate surface area is 76.2 Å². The highest BCUT2D eigenvalue weighted by molar-refractivity contribution is 7.85. The molecular formula is C7H12F2O3S. The lowest BCUT2D eigenvalue weighted by atomic mass is 10.1. The maximum atomic E-state index is 12.6. The monoisotopic (exact) mass is 214 g/mol. The third-order valence-corrected chi connectivity index (χ3v) is 2.59. The van der Waals surface area contributed by atoms with Gasteiger partial charge in [0, 0.05) is 0 Å². The van der Waals surface area contributed by atoms with Crippen molar-refractivity contribution in [2.24, 2.45) is 5.92 Å². The van der Waals surface area contributed by atoms with Gasteiger partial charge in [-0.05, 0) is 18.8 Å². The zero-order chi connectivity index (χ0) is 10.1. The van der Waals surface area contributed by atoms with Crippen molar-refractivity contribution in [2.75, 3.05) is 12.9 Å². The van der Waals surface area contributed by atoms with E-state index in [4.69, 9.17) is 0 Å². The Balaban J connectivity index is 2.33. The molecule has 0 aromatic heterocycles. The number of halogens is 2. The fraction of sp³-hybridized carbons (Fsp3) is 1.00. The summed E-state index contributed by atoms with van der Waals surface area (Å²) in [5.41, 5.74) is 0. The Hall–Kier alpha value is -0.230. The summed E-state index contributed by atoms with van der Waals surface area (Å²) in [6.07, 6.45) is -1.91. The average molecular weight is 214 g/mol. The summed E-state index contributed by atoms with van der Waals surface area (Å²) in [6, 6.07) is 0. The molecule has 0 aromatic carbocycles. The van der Waals surface area contributed by atoms with Crippen LogP contribution >= 0.6 is 0 Å². The molecule has 1 aliphatic rings. The van der Waals surface area contributed by atoms with Gasteiger partial charge in [0.15, 0.2) is 0 Å². The van der Waals surface area contributed by atoms with Gasteiger partial charge in [0.1, 0.15) is 12.3 Å². The van der Waals surface area contributed by atoms with Crippen LogP contribution in [0.5, 0.6) is 0 Å². The maximum absolute atomic E-state index is 12.6. The molecule has 0 aliphatic heterocycles. The summed E-state index contributed by atoms with van der Waals surface area (Å²) in [4.78, 5) is 0.